The SMILES string of the molecule is CCc1ncc(B2OC(C)(C)C(C)(C)O2)c(Cl)n1. The molecule has 0 amide bonds. The molecule has 0 bridgehead atoms. The number of nitrogens with zero attached hydrogens (tertiary/aromatic N) is 2. The minimum absolute atomic E-state index is 0.385. The second-order valence-electron chi connectivity index (χ2n) is 5.47. The molecule has 0 N–H and O–H groups in total. The van der Waals surface area contributed by atoms with E-state index in [1.807, 2.05) is 34.6 Å². The van der Waals surface area contributed by atoms with Crippen LogP contribution in [0.3, 0.4) is 0 Å². The van der Waals surface area contributed by atoms with Crippen molar-refractivity contribution in [1.82, 2.24) is 9.97 Å². The molecule has 1 fully saturated rings. The van der Waals surface area contributed by atoms with E-state index in [2.05, 4.69) is 9.97 Å². The highest BCUT2D eigenvalue weighted by Crippen LogP contribution is 2.36. The minimum Gasteiger partial charge on any atom is -0.399 e. The average Bonchev–Trinajstić information content (AvgIpc) is 2.47. The molecule has 0 unspecified atom stereocenters. The second kappa shape index (κ2) is 4.47. The van der Waals surface area contributed by atoms with Crippen LogP contribution in [0.25, 0.3) is 0 Å². The van der Waals surface area contributed by atoms with Crippen molar-refractivity contribution in [2.45, 2.75) is 52.2 Å². The van der Waals surface area contributed by atoms with Crippen molar-refractivity contribution in [3.8, 4) is 0 Å². The maximum Gasteiger partial charge on any atom is 0.499 e. The fourth-order valence-corrected chi connectivity index (χ4v) is 1.94. The topological polar surface area (TPSA) is 44.2 Å². The van der Waals surface area contributed by atoms with E-state index in [9.17, 15) is 0 Å². The first kappa shape index (κ1) is 13.8. The lowest BCUT2D eigenvalue weighted by atomic mass is 9.81. The van der Waals surface area contributed by atoms with Gasteiger partial charge in [0, 0.05) is 18.1 Å². The van der Waals surface area contributed by atoms with E-state index in [-0.39, 0.29) is 11.2 Å². The summed E-state index contributed by atoms with van der Waals surface area (Å²) in [4.78, 5) is 8.47. The van der Waals surface area contributed by atoms with E-state index >= 15 is 0 Å². The summed E-state index contributed by atoms with van der Waals surface area (Å²) in [6, 6.07) is 0. The van der Waals surface area contributed by atoms with Crippen LogP contribution in [0.2, 0.25) is 5.15 Å². The van der Waals surface area contributed by atoms with Crippen LogP contribution in [0.5, 0.6) is 0 Å². The summed E-state index contributed by atoms with van der Waals surface area (Å²) in [6.07, 6.45) is 2.44. The maximum absolute atomic E-state index is 6.16. The Balaban J connectivity index is 2.30. The summed E-state index contributed by atoms with van der Waals surface area (Å²) < 4.78 is 11.8. The summed E-state index contributed by atoms with van der Waals surface area (Å²) in [6.45, 7) is 9.99. The Kier molecular flexibility index (Phi) is 3.43. The van der Waals surface area contributed by atoms with Gasteiger partial charge in [-0.1, -0.05) is 18.5 Å². The molecule has 2 rings (SSSR count). The Morgan fingerprint density at radius 3 is 2.22 bits per heavy atom. The second-order valence-corrected chi connectivity index (χ2v) is 5.83. The van der Waals surface area contributed by atoms with Crippen LogP contribution in [0.1, 0.15) is 40.4 Å². The molecule has 18 heavy (non-hydrogen) atoms. The van der Waals surface area contributed by atoms with Crippen molar-refractivity contribution in [3.05, 3.63) is 17.2 Å². The lowest BCUT2D eigenvalue weighted by Crippen LogP contribution is -2.41. The Morgan fingerprint density at radius 1 is 1.22 bits per heavy atom. The van der Waals surface area contributed by atoms with Crippen molar-refractivity contribution in [2.75, 3.05) is 0 Å². The van der Waals surface area contributed by atoms with Gasteiger partial charge in [0.15, 0.2) is 0 Å². The van der Waals surface area contributed by atoms with Crippen molar-refractivity contribution >= 4 is 24.2 Å². The lowest BCUT2D eigenvalue weighted by molar-refractivity contribution is 0.00578. The first-order chi connectivity index (χ1) is 8.27. The molecule has 0 spiro atoms. The molecule has 98 valence electrons. The molecule has 0 radical (unpaired) electrons. The van der Waals surface area contributed by atoms with E-state index in [1.54, 1.807) is 6.20 Å². The fourth-order valence-electron chi connectivity index (χ4n) is 1.70. The molecule has 0 aromatic carbocycles. The Bertz CT molecular complexity index is 449. The largest absolute Gasteiger partial charge is 0.499 e. The molecular formula is C12H18BClN2O2. The van der Waals surface area contributed by atoms with E-state index in [1.165, 1.54) is 0 Å². The Morgan fingerprint density at radius 2 is 1.78 bits per heavy atom. The number of hydrogen-bond donors (Lipinski definition) is 0. The zero-order valence-electron chi connectivity index (χ0n) is 11.5. The van der Waals surface area contributed by atoms with Crippen LogP contribution >= 0.6 is 11.6 Å². The summed E-state index contributed by atoms with van der Waals surface area (Å²) in [5, 5.41) is 0.403. The molecular weight excluding hydrogens is 250 g/mol. The molecule has 0 aliphatic carbocycles. The van der Waals surface area contributed by atoms with Gasteiger partial charge in [0.25, 0.3) is 0 Å². The van der Waals surface area contributed by atoms with Crippen molar-refractivity contribution < 1.29 is 9.31 Å². The molecule has 1 aliphatic heterocycles. The van der Waals surface area contributed by atoms with Crippen LogP contribution in [0.4, 0.5) is 0 Å². The quantitative estimate of drug-likeness (QED) is 0.608. The van der Waals surface area contributed by atoms with Gasteiger partial charge in [-0.25, -0.2) is 9.97 Å². The van der Waals surface area contributed by atoms with Gasteiger partial charge in [0.2, 0.25) is 0 Å². The zero-order chi connectivity index (χ0) is 13.6. The predicted octanol–water partition coefficient (Wildman–Crippen LogP) is 1.99. The molecule has 4 nitrogen and oxygen atoms in total. The highest BCUT2D eigenvalue weighted by atomic mass is 35.5. The Labute approximate surface area is 113 Å². The van der Waals surface area contributed by atoms with Crippen molar-refractivity contribution in [1.29, 1.82) is 0 Å². The number of halogens is 1. The summed E-state index contributed by atoms with van der Waals surface area (Å²) >= 11 is 6.16. The van der Waals surface area contributed by atoms with Crippen LogP contribution in [-0.2, 0) is 15.7 Å². The summed E-state index contributed by atoms with van der Waals surface area (Å²) in [5.74, 6) is 0.722. The van der Waals surface area contributed by atoms with Crippen molar-refractivity contribution in [3.63, 3.8) is 0 Å². The van der Waals surface area contributed by atoms with Gasteiger partial charge < -0.3 is 9.31 Å². The predicted molar refractivity (Wildman–Crippen MR) is 72.1 cm³/mol. The highest BCUT2D eigenvalue weighted by molar-refractivity contribution is 6.65. The number of aryl methyl sites for hydroxylation is 1. The first-order valence-electron chi connectivity index (χ1n) is 6.14. The molecule has 1 saturated heterocycles. The smallest absolute Gasteiger partial charge is 0.399 e. The summed E-state index contributed by atoms with van der Waals surface area (Å²) in [7, 11) is -0.506. The van der Waals surface area contributed by atoms with Gasteiger partial charge in [-0.05, 0) is 27.7 Å². The van der Waals surface area contributed by atoms with Crippen LogP contribution in [-0.4, -0.2) is 28.3 Å². The number of aromatic nitrogens is 2. The van der Waals surface area contributed by atoms with Crippen LogP contribution < -0.4 is 5.46 Å². The van der Waals surface area contributed by atoms with Gasteiger partial charge >= 0.3 is 7.12 Å². The highest BCUT2D eigenvalue weighted by Gasteiger charge is 2.52. The van der Waals surface area contributed by atoms with Gasteiger partial charge in [-0.15, -0.1) is 0 Å². The zero-order valence-corrected chi connectivity index (χ0v) is 12.2. The van der Waals surface area contributed by atoms with E-state index in [0.717, 1.165) is 12.2 Å². The van der Waals surface area contributed by atoms with Crippen molar-refractivity contribution in [2.24, 2.45) is 0 Å². The van der Waals surface area contributed by atoms with E-state index in [0.29, 0.717) is 10.6 Å². The fraction of sp³-hybridized carbons (Fsp3) is 0.667. The molecule has 1 aliphatic rings. The van der Waals surface area contributed by atoms with Gasteiger partial charge in [-0.2, -0.15) is 0 Å². The molecule has 2 heterocycles. The monoisotopic (exact) mass is 268 g/mol. The third-order valence-electron chi connectivity index (χ3n) is 3.64. The van der Waals surface area contributed by atoms with Gasteiger partial charge in [0.05, 0.1) is 11.2 Å². The molecule has 1 aromatic rings. The van der Waals surface area contributed by atoms with Crippen LogP contribution in [0.15, 0.2) is 6.20 Å². The third-order valence-corrected chi connectivity index (χ3v) is 3.94. The minimum atomic E-state index is -0.506. The molecule has 6 heteroatoms. The lowest BCUT2D eigenvalue weighted by Gasteiger charge is -2.32. The summed E-state index contributed by atoms with van der Waals surface area (Å²) in [5.41, 5.74) is -0.0815. The van der Waals surface area contributed by atoms with E-state index in [4.69, 9.17) is 20.9 Å². The van der Waals surface area contributed by atoms with E-state index < -0.39 is 7.12 Å². The number of rotatable bonds is 2. The third kappa shape index (κ3) is 2.27. The standard InChI is InChI=1S/C12H18BClN2O2/c1-6-9-15-7-8(10(14)16-9)13-17-11(2,3)12(4,5)18-13/h7H,6H2,1-5H3. The molecule has 1 aromatic heterocycles. The molecule has 0 atom stereocenters. The molecule has 0 saturated carbocycles. The van der Waals surface area contributed by atoms with Crippen LogP contribution in [0, 0.1) is 0 Å². The number of hydrogen-bond acceptors (Lipinski definition) is 4. The Hall–Kier alpha value is -0.645. The van der Waals surface area contributed by atoms with Gasteiger partial charge in [-0.3, -0.25) is 0 Å². The normalized spacial score (nSPS) is 21.3. The van der Waals surface area contributed by atoms with Gasteiger partial charge in [0.1, 0.15) is 11.0 Å². The maximum atomic E-state index is 6.16. The average molecular weight is 269 g/mol. The first-order valence-corrected chi connectivity index (χ1v) is 6.51.